The molecule has 42 heavy (non-hydrogen) atoms. The maximum absolute atomic E-state index is 14.0. The van der Waals surface area contributed by atoms with Crippen LogP contribution in [0, 0.1) is 7.14 Å². The van der Waals surface area contributed by atoms with Crippen LogP contribution < -0.4 is 19.6 Å². The van der Waals surface area contributed by atoms with Crippen molar-refractivity contribution in [1.82, 2.24) is 4.57 Å². The molecule has 0 amide bonds. The number of allylic oxidation sites excluding steroid dienone is 1. The number of aromatic nitrogens is 1. The van der Waals surface area contributed by atoms with Crippen molar-refractivity contribution in [2.75, 3.05) is 6.61 Å². The number of carbonyl (C=O) groups excluding carboxylic acids is 1. The number of esters is 1. The molecule has 1 atom stereocenters. The normalized spacial score (nSPS) is 15.0. The number of halogens is 2. The highest BCUT2D eigenvalue weighted by atomic mass is 127. The number of fused-ring (bicyclic) bond motifs is 2. The summed E-state index contributed by atoms with van der Waals surface area (Å²) < 4.78 is 16.0. The highest BCUT2D eigenvalue weighted by molar-refractivity contribution is 14.1. The van der Waals surface area contributed by atoms with Gasteiger partial charge >= 0.3 is 5.97 Å². The van der Waals surface area contributed by atoms with Crippen molar-refractivity contribution < 1.29 is 14.3 Å². The van der Waals surface area contributed by atoms with Crippen LogP contribution in [0.1, 0.15) is 35.9 Å². The number of thiophene rings is 1. The second-order valence-electron chi connectivity index (χ2n) is 9.55. The van der Waals surface area contributed by atoms with Crippen LogP contribution in [-0.2, 0) is 16.1 Å². The number of nitrogens with zero attached hydrogens (tertiary/aromatic N) is 2. The van der Waals surface area contributed by atoms with E-state index in [9.17, 15) is 9.59 Å². The van der Waals surface area contributed by atoms with Crippen molar-refractivity contribution in [2.45, 2.75) is 26.5 Å². The summed E-state index contributed by atoms with van der Waals surface area (Å²) >= 11 is 7.38. The number of carbonyl (C=O) groups is 1. The van der Waals surface area contributed by atoms with Gasteiger partial charge in [-0.05, 0) is 105 Å². The van der Waals surface area contributed by atoms with Crippen molar-refractivity contribution in [3.05, 3.63) is 126 Å². The molecule has 3 aromatic carbocycles. The van der Waals surface area contributed by atoms with Gasteiger partial charge in [0.25, 0.3) is 5.56 Å². The first-order valence-corrected chi connectivity index (χ1v) is 17.0. The molecule has 3 heterocycles. The van der Waals surface area contributed by atoms with E-state index in [-0.39, 0.29) is 12.2 Å². The van der Waals surface area contributed by atoms with Crippen molar-refractivity contribution in [2.24, 2.45) is 4.99 Å². The average Bonchev–Trinajstić information content (AvgIpc) is 3.60. The van der Waals surface area contributed by atoms with E-state index < -0.39 is 12.0 Å². The van der Waals surface area contributed by atoms with E-state index in [2.05, 4.69) is 80.5 Å². The molecule has 0 N–H and O–H groups in total. The summed E-state index contributed by atoms with van der Waals surface area (Å²) in [6.45, 7) is 4.20. The lowest BCUT2D eigenvalue weighted by Crippen LogP contribution is -2.39. The van der Waals surface area contributed by atoms with Crippen molar-refractivity contribution in [3.8, 4) is 5.75 Å². The SMILES string of the molecule is CCOC(=O)C1=C(C)N=c2s/c(=C\c3cc(I)cc(I)c3OCc3cccc4ccccc34)c(=O)n2[C@@H]1c1cccs1. The zero-order chi connectivity index (χ0) is 29.4. The van der Waals surface area contributed by atoms with E-state index in [4.69, 9.17) is 9.47 Å². The predicted octanol–water partition coefficient (Wildman–Crippen LogP) is 6.80. The third-order valence-corrected chi connectivity index (χ3v) is 10.2. The first-order chi connectivity index (χ1) is 20.4. The van der Waals surface area contributed by atoms with E-state index in [0.717, 1.165) is 33.9 Å². The smallest absolute Gasteiger partial charge is 0.338 e. The van der Waals surface area contributed by atoms with Gasteiger partial charge in [0.05, 0.1) is 26.0 Å². The van der Waals surface area contributed by atoms with E-state index in [1.807, 2.05) is 47.9 Å². The highest BCUT2D eigenvalue weighted by Gasteiger charge is 2.34. The van der Waals surface area contributed by atoms with E-state index >= 15 is 0 Å². The van der Waals surface area contributed by atoms with Gasteiger partial charge in [-0.15, -0.1) is 11.3 Å². The fraction of sp³-hybridized carbons (Fsp3) is 0.156. The number of thiazole rings is 1. The minimum absolute atomic E-state index is 0.208. The number of hydrogen-bond acceptors (Lipinski definition) is 7. The zero-order valence-electron chi connectivity index (χ0n) is 22.6. The largest absolute Gasteiger partial charge is 0.487 e. The van der Waals surface area contributed by atoms with Crippen LogP contribution in [0.4, 0.5) is 0 Å². The number of benzene rings is 3. The Balaban J connectivity index is 1.45. The highest BCUT2D eigenvalue weighted by Crippen LogP contribution is 2.34. The summed E-state index contributed by atoms with van der Waals surface area (Å²) in [7, 11) is 0. The number of ether oxygens (including phenoxy) is 2. The molecule has 0 bridgehead atoms. The quantitative estimate of drug-likeness (QED) is 0.134. The Hall–Kier alpha value is -2.81. The summed E-state index contributed by atoms with van der Waals surface area (Å²) in [6, 6.07) is 21.8. The summed E-state index contributed by atoms with van der Waals surface area (Å²) in [4.78, 5) is 33.2. The van der Waals surface area contributed by atoms with Crippen LogP contribution in [0.3, 0.4) is 0 Å². The molecule has 10 heteroatoms. The molecule has 0 saturated heterocycles. The minimum atomic E-state index is -0.597. The van der Waals surface area contributed by atoms with Crippen LogP contribution in [0.15, 0.2) is 93.2 Å². The molecule has 0 fully saturated rings. The van der Waals surface area contributed by atoms with Crippen LogP contribution in [0.25, 0.3) is 16.8 Å². The average molecular weight is 818 g/mol. The molecule has 0 saturated carbocycles. The summed E-state index contributed by atoms with van der Waals surface area (Å²) in [5, 5.41) is 4.25. The number of hydrogen-bond donors (Lipinski definition) is 0. The fourth-order valence-electron chi connectivity index (χ4n) is 5.06. The second kappa shape index (κ2) is 12.4. The summed E-state index contributed by atoms with van der Waals surface area (Å²) in [6.07, 6.45) is 1.88. The van der Waals surface area contributed by atoms with Gasteiger partial charge in [-0.2, -0.15) is 0 Å². The summed E-state index contributed by atoms with van der Waals surface area (Å²) in [5.74, 6) is 0.260. The van der Waals surface area contributed by atoms with Crippen LogP contribution in [0.2, 0.25) is 0 Å². The molecule has 5 aromatic rings. The molecule has 212 valence electrons. The predicted molar refractivity (Wildman–Crippen MR) is 185 cm³/mol. The number of rotatable bonds is 7. The second-order valence-corrected chi connectivity index (χ2v) is 13.9. The molecule has 1 aliphatic heterocycles. The third kappa shape index (κ3) is 5.61. The topological polar surface area (TPSA) is 69.9 Å². The molecule has 2 aromatic heterocycles. The maximum Gasteiger partial charge on any atom is 0.338 e. The van der Waals surface area contributed by atoms with Gasteiger partial charge in [0.2, 0.25) is 0 Å². The first-order valence-electron chi connectivity index (χ1n) is 13.2. The summed E-state index contributed by atoms with van der Waals surface area (Å²) in [5.41, 5.74) is 2.64. The molecule has 0 radical (unpaired) electrons. The van der Waals surface area contributed by atoms with E-state index in [1.54, 1.807) is 18.4 Å². The van der Waals surface area contributed by atoms with Crippen LogP contribution >= 0.6 is 67.9 Å². The fourth-order valence-corrected chi connectivity index (χ4v) is 8.96. The van der Waals surface area contributed by atoms with Gasteiger partial charge in [-0.1, -0.05) is 59.9 Å². The van der Waals surface area contributed by atoms with Crippen molar-refractivity contribution >= 4 is 90.7 Å². The molecule has 1 aliphatic rings. The van der Waals surface area contributed by atoms with Crippen molar-refractivity contribution in [1.29, 1.82) is 0 Å². The Morgan fingerprint density at radius 1 is 1.10 bits per heavy atom. The Kier molecular flexibility index (Phi) is 8.66. The van der Waals surface area contributed by atoms with Gasteiger partial charge in [0, 0.05) is 14.0 Å². The maximum atomic E-state index is 14.0. The lowest BCUT2D eigenvalue weighted by atomic mass is 10.0. The lowest BCUT2D eigenvalue weighted by Gasteiger charge is -2.23. The molecule has 6 nitrogen and oxygen atoms in total. The molecule has 6 rings (SSSR count). The standard InChI is InChI=1S/C32H24I2N2O4S2/c1-3-39-31(38)27-18(2)35-32-36(28(27)25-12-7-13-41-25)30(37)26(42-32)15-21-14-22(33)16-24(34)29(21)40-17-20-10-6-9-19-8-4-5-11-23(19)20/h4-16,28H,3,17H2,1-2H3/b26-15-/t28-/m1/s1. The van der Waals surface area contributed by atoms with Gasteiger partial charge < -0.3 is 9.47 Å². The van der Waals surface area contributed by atoms with Gasteiger partial charge in [0.1, 0.15) is 18.4 Å². The molecule has 0 aliphatic carbocycles. The van der Waals surface area contributed by atoms with Crippen molar-refractivity contribution in [3.63, 3.8) is 0 Å². The Labute approximate surface area is 277 Å². The van der Waals surface area contributed by atoms with Crippen LogP contribution in [-0.4, -0.2) is 17.1 Å². The zero-order valence-corrected chi connectivity index (χ0v) is 28.5. The lowest BCUT2D eigenvalue weighted by molar-refractivity contribution is -0.139. The molecular formula is C32H24I2N2O4S2. The minimum Gasteiger partial charge on any atom is -0.487 e. The monoisotopic (exact) mass is 818 g/mol. The van der Waals surface area contributed by atoms with Gasteiger partial charge in [0.15, 0.2) is 4.80 Å². The molecule has 0 unspecified atom stereocenters. The molecule has 0 spiro atoms. The first kappa shape index (κ1) is 29.3. The van der Waals surface area contributed by atoms with Crippen LogP contribution in [0.5, 0.6) is 5.75 Å². The van der Waals surface area contributed by atoms with E-state index in [1.165, 1.54) is 22.7 Å². The third-order valence-electron chi connectivity index (χ3n) is 6.91. The Bertz CT molecular complexity index is 2040. The van der Waals surface area contributed by atoms with E-state index in [0.29, 0.717) is 33.0 Å². The van der Waals surface area contributed by atoms with Gasteiger partial charge in [-0.25, -0.2) is 9.79 Å². The van der Waals surface area contributed by atoms with Gasteiger partial charge in [-0.3, -0.25) is 9.36 Å². The Morgan fingerprint density at radius 3 is 2.69 bits per heavy atom. The molecular weight excluding hydrogens is 794 g/mol. The Morgan fingerprint density at radius 2 is 1.90 bits per heavy atom.